The number of hydrogen-bond donors (Lipinski definition) is 2. The van der Waals surface area contributed by atoms with Crippen molar-refractivity contribution in [3.8, 4) is 0 Å². The van der Waals surface area contributed by atoms with Gasteiger partial charge in [-0.1, -0.05) is 11.6 Å². The van der Waals surface area contributed by atoms with Crippen LogP contribution in [0.1, 0.15) is 24.4 Å². The van der Waals surface area contributed by atoms with Gasteiger partial charge < -0.3 is 4.74 Å². The first kappa shape index (κ1) is 12.8. The number of methoxy groups -OCH3 is 1. The molecule has 0 radical (unpaired) electrons. The molecule has 2 rings (SSSR count). The van der Waals surface area contributed by atoms with E-state index in [0.717, 1.165) is 12.8 Å². The van der Waals surface area contributed by atoms with Crippen molar-refractivity contribution in [3.05, 3.63) is 34.6 Å². The summed E-state index contributed by atoms with van der Waals surface area (Å²) in [6, 6.07) is 3.99. The molecule has 1 aromatic carbocycles. The topological polar surface area (TPSA) is 47.3 Å². The van der Waals surface area contributed by atoms with Crippen molar-refractivity contribution < 1.29 is 9.13 Å². The Balaban J connectivity index is 2.29. The van der Waals surface area contributed by atoms with Gasteiger partial charge in [-0.25, -0.2) is 4.39 Å². The monoisotopic (exact) mass is 258 g/mol. The number of rotatable bonds is 5. The fourth-order valence-corrected chi connectivity index (χ4v) is 2.38. The van der Waals surface area contributed by atoms with Gasteiger partial charge in [-0.2, -0.15) is 0 Å². The van der Waals surface area contributed by atoms with E-state index in [1.807, 2.05) is 0 Å². The van der Waals surface area contributed by atoms with Crippen molar-refractivity contribution >= 4 is 11.6 Å². The van der Waals surface area contributed by atoms with Crippen molar-refractivity contribution in [3.63, 3.8) is 0 Å². The number of nitrogens with two attached hydrogens (primary N) is 1. The van der Waals surface area contributed by atoms with E-state index >= 15 is 0 Å². The lowest BCUT2D eigenvalue weighted by Gasteiger charge is -2.26. The molecule has 94 valence electrons. The maximum absolute atomic E-state index is 13.3. The summed E-state index contributed by atoms with van der Waals surface area (Å²) in [5, 5.41) is 0.497. The van der Waals surface area contributed by atoms with E-state index in [4.69, 9.17) is 22.2 Å². The predicted octanol–water partition coefficient (Wildman–Crippen LogP) is 2.41. The van der Waals surface area contributed by atoms with Crippen molar-refractivity contribution in [2.45, 2.75) is 25.0 Å². The Hall–Kier alpha value is -0.680. The third-order valence-electron chi connectivity index (χ3n) is 3.16. The van der Waals surface area contributed by atoms with Crippen molar-refractivity contribution in [2.24, 2.45) is 11.8 Å². The first-order chi connectivity index (χ1) is 8.17. The minimum atomic E-state index is -0.324. The molecule has 2 unspecified atom stereocenters. The molecule has 0 amide bonds. The van der Waals surface area contributed by atoms with Gasteiger partial charge in [-0.15, -0.1) is 0 Å². The molecule has 1 fully saturated rings. The molecular weight excluding hydrogens is 243 g/mol. The van der Waals surface area contributed by atoms with Crippen LogP contribution in [-0.2, 0) is 4.74 Å². The van der Waals surface area contributed by atoms with Gasteiger partial charge in [0.25, 0.3) is 0 Å². The molecule has 0 bridgehead atoms. The Bertz CT molecular complexity index is 398. The zero-order valence-electron chi connectivity index (χ0n) is 9.62. The van der Waals surface area contributed by atoms with Crippen LogP contribution in [0.25, 0.3) is 0 Å². The van der Waals surface area contributed by atoms with Crippen LogP contribution in [0, 0.1) is 11.7 Å². The molecule has 1 saturated carbocycles. The molecule has 1 aliphatic rings. The maximum Gasteiger partial charge on any atom is 0.123 e. The van der Waals surface area contributed by atoms with Crippen LogP contribution in [0.2, 0.25) is 5.02 Å². The van der Waals surface area contributed by atoms with Crippen LogP contribution in [0.4, 0.5) is 4.39 Å². The molecule has 0 spiro atoms. The summed E-state index contributed by atoms with van der Waals surface area (Å²) < 4.78 is 18.7. The lowest BCUT2D eigenvalue weighted by Crippen LogP contribution is -2.39. The van der Waals surface area contributed by atoms with E-state index < -0.39 is 0 Å². The summed E-state index contributed by atoms with van der Waals surface area (Å²) in [5.74, 6) is 5.70. The van der Waals surface area contributed by atoms with Gasteiger partial charge in [0.05, 0.1) is 12.1 Å². The van der Waals surface area contributed by atoms with Crippen molar-refractivity contribution in [2.75, 3.05) is 7.11 Å². The Morgan fingerprint density at radius 2 is 2.24 bits per heavy atom. The van der Waals surface area contributed by atoms with Crippen molar-refractivity contribution in [1.82, 2.24) is 5.43 Å². The molecule has 0 saturated heterocycles. The van der Waals surface area contributed by atoms with Gasteiger partial charge in [0, 0.05) is 12.1 Å². The van der Waals surface area contributed by atoms with Crippen LogP contribution in [-0.4, -0.2) is 13.2 Å². The highest BCUT2D eigenvalue weighted by atomic mass is 35.5. The van der Waals surface area contributed by atoms with Gasteiger partial charge in [0.1, 0.15) is 5.82 Å². The van der Waals surface area contributed by atoms with E-state index in [2.05, 4.69) is 5.43 Å². The summed E-state index contributed by atoms with van der Waals surface area (Å²) in [6.07, 6.45) is 2.16. The zero-order valence-corrected chi connectivity index (χ0v) is 10.4. The summed E-state index contributed by atoms with van der Waals surface area (Å²) in [4.78, 5) is 0. The Morgan fingerprint density at radius 1 is 1.53 bits per heavy atom. The second-order valence-electron chi connectivity index (χ2n) is 4.35. The first-order valence-corrected chi connectivity index (χ1v) is 5.99. The Morgan fingerprint density at radius 3 is 2.76 bits per heavy atom. The summed E-state index contributed by atoms with van der Waals surface area (Å²) in [6.45, 7) is 0. The highest BCUT2D eigenvalue weighted by Crippen LogP contribution is 2.40. The Kier molecular flexibility index (Phi) is 3.99. The predicted molar refractivity (Wildman–Crippen MR) is 65.0 cm³/mol. The average molecular weight is 259 g/mol. The smallest absolute Gasteiger partial charge is 0.123 e. The maximum atomic E-state index is 13.3. The number of halogens is 2. The summed E-state index contributed by atoms with van der Waals surface area (Å²) >= 11 is 6.08. The molecule has 17 heavy (non-hydrogen) atoms. The van der Waals surface area contributed by atoms with Crippen LogP contribution >= 0.6 is 11.6 Å². The quantitative estimate of drug-likeness (QED) is 0.630. The molecule has 1 aliphatic carbocycles. The molecular formula is C12H16ClFN2O. The normalized spacial score (nSPS) is 19.1. The number of ether oxygens (including phenoxy) is 1. The van der Waals surface area contributed by atoms with Gasteiger partial charge in [0.15, 0.2) is 0 Å². The zero-order chi connectivity index (χ0) is 12.4. The van der Waals surface area contributed by atoms with Gasteiger partial charge >= 0.3 is 0 Å². The standard InChI is InChI=1S/C12H16ClFN2O/c1-17-12(7-2-3-7)11(16-15)9-6-8(14)4-5-10(9)13/h4-7,11-12,16H,2-3,15H2,1H3. The average Bonchev–Trinajstić information content (AvgIpc) is 3.13. The van der Waals surface area contributed by atoms with Gasteiger partial charge in [-0.3, -0.25) is 11.3 Å². The highest BCUT2D eigenvalue weighted by Gasteiger charge is 2.37. The second-order valence-corrected chi connectivity index (χ2v) is 4.76. The van der Waals surface area contributed by atoms with E-state index in [-0.39, 0.29) is 18.0 Å². The molecule has 0 aliphatic heterocycles. The number of hydrogen-bond acceptors (Lipinski definition) is 3. The lowest BCUT2D eigenvalue weighted by molar-refractivity contribution is 0.0506. The van der Waals surface area contributed by atoms with E-state index in [0.29, 0.717) is 16.5 Å². The van der Waals surface area contributed by atoms with E-state index in [1.54, 1.807) is 7.11 Å². The minimum Gasteiger partial charge on any atom is -0.379 e. The van der Waals surface area contributed by atoms with Crippen LogP contribution in [0.15, 0.2) is 18.2 Å². The van der Waals surface area contributed by atoms with Crippen molar-refractivity contribution in [1.29, 1.82) is 0 Å². The lowest BCUT2D eigenvalue weighted by atomic mass is 9.98. The molecule has 0 aromatic heterocycles. The summed E-state index contributed by atoms with van der Waals surface area (Å²) in [7, 11) is 1.64. The number of nitrogens with one attached hydrogen (secondary N) is 1. The van der Waals surface area contributed by atoms with Crippen LogP contribution in [0.5, 0.6) is 0 Å². The molecule has 2 atom stereocenters. The third-order valence-corrected chi connectivity index (χ3v) is 3.50. The highest BCUT2D eigenvalue weighted by molar-refractivity contribution is 6.31. The van der Waals surface area contributed by atoms with E-state index in [1.165, 1.54) is 18.2 Å². The molecule has 0 heterocycles. The SMILES string of the molecule is COC(C1CC1)C(NN)c1cc(F)ccc1Cl. The van der Waals surface area contributed by atoms with Crippen LogP contribution < -0.4 is 11.3 Å². The fraction of sp³-hybridized carbons (Fsp3) is 0.500. The van der Waals surface area contributed by atoms with Gasteiger partial charge in [0.2, 0.25) is 0 Å². The minimum absolute atomic E-state index is 0.0701. The van der Waals surface area contributed by atoms with Gasteiger partial charge in [-0.05, 0) is 42.5 Å². The molecule has 3 N–H and O–H groups in total. The first-order valence-electron chi connectivity index (χ1n) is 5.61. The number of hydrazine groups is 1. The Labute approximate surface area is 105 Å². The molecule has 3 nitrogen and oxygen atoms in total. The fourth-order valence-electron chi connectivity index (χ4n) is 2.14. The molecule has 5 heteroatoms. The third kappa shape index (κ3) is 2.77. The second kappa shape index (κ2) is 5.31. The van der Waals surface area contributed by atoms with E-state index in [9.17, 15) is 4.39 Å². The van der Waals surface area contributed by atoms with Crippen LogP contribution in [0.3, 0.4) is 0 Å². The largest absolute Gasteiger partial charge is 0.379 e. The number of benzene rings is 1. The molecule has 1 aromatic rings. The summed E-state index contributed by atoms with van der Waals surface area (Å²) in [5.41, 5.74) is 3.33.